The molecular formula is C14H28N2O2. The molecule has 4 heteroatoms. The summed E-state index contributed by atoms with van der Waals surface area (Å²) < 4.78 is 0. The van der Waals surface area contributed by atoms with Gasteiger partial charge in [0.15, 0.2) is 0 Å². The molecular weight excluding hydrogens is 228 g/mol. The molecule has 1 aliphatic rings. The van der Waals surface area contributed by atoms with Crippen LogP contribution in [0.5, 0.6) is 0 Å². The number of carbonyl (C=O) groups excluding carboxylic acids is 2. The molecule has 0 N–H and O–H groups in total. The first-order valence-corrected chi connectivity index (χ1v) is 7.08. The van der Waals surface area contributed by atoms with Gasteiger partial charge in [-0.15, -0.1) is 0 Å². The normalized spacial score (nSPS) is 17.7. The maximum Gasteiger partial charge on any atom is 0.219 e. The van der Waals surface area contributed by atoms with Crippen LogP contribution >= 0.6 is 0 Å². The monoisotopic (exact) mass is 256 g/mol. The second-order valence-corrected chi connectivity index (χ2v) is 4.43. The van der Waals surface area contributed by atoms with Crippen LogP contribution in [0.4, 0.5) is 0 Å². The topological polar surface area (TPSA) is 40.6 Å². The molecule has 106 valence electrons. The van der Waals surface area contributed by atoms with Gasteiger partial charge in [-0.3, -0.25) is 14.5 Å². The number of nitrogens with zero attached hydrogens (tertiary/aromatic N) is 2. The SMILES string of the molecule is CC.CCCC(=O)C(C)N1CCN(C(C)=O)CC1. The van der Waals surface area contributed by atoms with Crippen molar-refractivity contribution in [2.24, 2.45) is 0 Å². The van der Waals surface area contributed by atoms with Gasteiger partial charge in [0.05, 0.1) is 6.04 Å². The summed E-state index contributed by atoms with van der Waals surface area (Å²) >= 11 is 0. The zero-order valence-electron chi connectivity index (χ0n) is 12.5. The van der Waals surface area contributed by atoms with Crippen LogP contribution in [0, 0.1) is 0 Å². The maximum atomic E-state index is 11.7. The largest absolute Gasteiger partial charge is 0.340 e. The molecule has 0 aliphatic carbocycles. The number of piperazine rings is 1. The van der Waals surface area contributed by atoms with Gasteiger partial charge in [-0.25, -0.2) is 0 Å². The Hall–Kier alpha value is -0.900. The third-order valence-electron chi connectivity index (χ3n) is 3.27. The van der Waals surface area contributed by atoms with Crippen molar-refractivity contribution in [3.8, 4) is 0 Å². The first kappa shape index (κ1) is 17.1. The summed E-state index contributed by atoms with van der Waals surface area (Å²) in [5, 5.41) is 0. The second-order valence-electron chi connectivity index (χ2n) is 4.43. The molecule has 4 nitrogen and oxygen atoms in total. The molecule has 0 spiro atoms. The summed E-state index contributed by atoms with van der Waals surface area (Å²) in [5.74, 6) is 0.450. The number of amides is 1. The van der Waals surface area contributed by atoms with E-state index in [-0.39, 0.29) is 11.9 Å². The lowest BCUT2D eigenvalue weighted by atomic mass is 10.1. The minimum absolute atomic E-state index is 0.00839. The third-order valence-corrected chi connectivity index (χ3v) is 3.27. The molecule has 1 atom stereocenters. The summed E-state index contributed by atoms with van der Waals surface area (Å²) in [5.41, 5.74) is 0. The highest BCUT2D eigenvalue weighted by Crippen LogP contribution is 2.09. The third kappa shape index (κ3) is 5.17. The molecule has 0 bridgehead atoms. The van der Waals surface area contributed by atoms with Crippen molar-refractivity contribution in [3.63, 3.8) is 0 Å². The second kappa shape index (κ2) is 9.09. The van der Waals surface area contributed by atoms with Crippen molar-refractivity contribution in [1.29, 1.82) is 0 Å². The Morgan fingerprint density at radius 3 is 2.00 bits per heavy atom. The predicted octanol–water partition coefficient (Wildman–Crippen LogP) is 1.93. The molecule has 0 aromatic heterocycles. The fraction of sp³-hybridized carbons (Fsp3) is 0.857. The fourth-order valence-corrected chi connectivity index (χ4v) is 2.08. The van der Waals surface area contributed by atoms with Gasteiger partial charge in [0.25, 0.3) is 0 Å². The van der Waals surface area contributed by atoms with Crippen molar-refractivity contribution in [1.82, 2.24) is 9.80 Å². The number of hydrogen-bond acceptors (Lipinski definition) is 3. The highest BCUT2D eigenvalue weighted by molar-refractivity contribution is 5.83. The molecule has 1 rings (SSSR count). The lowest BCUT2D eigenvalue weighted by Crippen LogP contribution is -2.52. The summed E-state index contributed by atoms with van der Waals surface area (Å²) in [7, 11) is 0. The Labute approximate surface area is 111 Å². The standard InChI is InChI=1S/C12H22N2O2.C2H6/c1-4-5-12(16)10(2)13-6-8-14(9-7-13)11(3)15;1-2/h10H,4-9H2,1-3H3;1-2H3. The van der Waals surface area contributed by atoms with E-state index in [0.29, 0.717) is 12.2 Å². The summed E-state index contributed by atoms with van der Waals surface area (Å²) in [6.07, 6.45) is 1.57. The molecule has 18 heavy (non-hydrogen) atoms. The number of ketones is 1. The van der Waals surface area contributed by atoms with Crippen LogP contribution < -0.4 is 0 Å². The summed E-state index contributed by atoms with van der Waals surface area (Å²) in [6, 6.07) is 0.00839. The van der Waals surface area contributed by atoms with Crippen LogP contribution in [-0.4, -0.2) is 53.7 Å². The minimum Gasteiger partial charge on any atom is -0.340 e. The lowest BCUT2D eigenvalue weighted by Gasteiger charge is -2.37. The van der Waals surface area contributed by atoms with Gasteiger partial charge in [-0.2, -0.15) is 0 Å². The quantitative estimate of drug-likeness (QED) is 0.772. The molecule has 1 amide bonds. The van der Waals surface area contributed by atoms with Gasteiger partial charge < -0.3 is 4.90 Å². The van der Waals surface area contributed by atoms with Crippen LogP contribution in [0.25, 0.3) is 0 Å². The van der Waals surface area contributed by atoms with E-state index in [2.05, 4.69) is 4.90 Å². The summed E-state index contributed by atoms with van der Waals surface area (Å²) in [6.45, 7) is 12.7. The molecule has 1 saturated heterocycles. The maximum absolute atomic E-state index is 11.7. The van der Waals surface area contributed by atoms with E-state index in [1.165, 1.54) is 0 Å². The molecule has 0 aromatic carbocycles. The van der Waals surface area contributed by atoms with Crippen LogP contribution in [0.15, 0.2) is 0 Å². The first-order chi connectivity index (χ1) is 8.56. The average molecular weight is 256 g/mol. The molecule has 1 aliphatic heterocycles. The molecule has 1 fully saturated rings. The molecule has 1 heterocycles. The zero-order valence-corrected chi connectivity index (χ0v) is 12.5. The van der Waals surface area contributed by atoms with Crippen LogP contribution in [0.2, 0.25) is 0 Å². The van der Waals surface area contributed by atoms with Crippen LogP contribution in [-0.2, 0) is 9.59 Å². The average Bonchev–Trinajstić information content (AvgIpc) is 2.40. The highest BCUT2D eigenvalue weighted by Gasteiger charge is 2.25. The fourth-order valence-electron chi connectivity index (χ4n) is 2.08. The van der Waals surface area contributed by atoms with Crippen molar-refractivity contribution in [3.05, 3.63) is 0 Å². The molecule has 0 radical (unpaired) electrons. The molecule has 0 saturated carbocycles. The van der Waals surface area contributed by atoms with E-state index in [4.69, 9.17) is 0 Å². The minimum atomic E-state index is 0.00839. The van der Waals surface area contributed by atoms with E-state index in [0.717, 1.165) is 32.6 Å². The molecule has 0 aromatic rings. The molecule has 1 unspecified atom stereocenters. The first-order valence-electron chi connectivity index (χ1n) is 7.08. The van der Waals surface area contributed by atoms with Gasteiger partial charge in [0.2, 0.25) is 5.91 Å². The van der Waals surface area contributed by atoms with Crippen molar-refractivity contribution in [2.45, 2.75) is 53.5 Å². The predicted molar refractivity (Wildman–Crippen MR) is 74.6 cm³/mol. The zero-order chi connectivity index (χ0) is 14.1. The van der Waals surface area contributed by atoms with Crippen molar-refractivity contribution >= 4 is 11.7 Å². The Balaban J connectivity index is 0.00000137. The summed E-state index contributed by atoms with van der Waals surface area (Å²) in [4.78, 5) is 26.9. The lowest BCUT2D eigenvalue weighted by molar-refractivity contribution is -0.131. The smallest absolute Gasteiger partial charge is 0.219 e. The van der Waals surface area contributed by atoms with Gasteiger partial charge in [0.1, 0.15) is 5.78 Å². The van der Waals surface area contributed by atoms with Crippen molar-refractivity contribution in [2.75, 3.05) is 26.2 Å². The Kier molecular flexibility index (Phi) is 8.63. The number of hydrogen-bond donors (Lipinski definition) is 0. The Morgan fingerprint density at radius 2 is 1.61 bits per heavy atom. The van der Waals surface area contributed by atoms with Gasteiger partial charge in [-0.05, 0) is 13.3 Å². The van der Waals surface area contributed by atoms with Crippen LogP contribution in [0.3, 0.4) is 0 Å². The Bertz CT molecular complexity index is 259. The van der Waals surface area contributed by atoms with Gasteiger partial charge >= 0.3 is 0 Å². The van der Waals surface area contributed by atoms with Crippen LogP contribution in [0.1, 0.15) is 47.5 Å². The van der Waals surface area contributed by atoms with E-state index in [9.17, 15) is 9.59 Å². The highest BCUT2D eigenvalue weighted by atomic mass is 16.2. The van der Waals surface area contributed by atoms with Crippen molar-refractivity contribution < 1.29 is 9.59 Å². The number of Topliss-reactive ketones (excluding diaryl/α,β-unsaturated/α-hetero) is 1. The number of carbonyl (C=O) groups is 2. The Morgan fingerprint density at radius 1 is 1.11 bits per heavy atom. The van der Waals surface area contributed by atoms with E-state index in [1.807, 2.05) is 32.6 Å². The van der Waals surface area contributed by atoms with Gasteiger partial charge in [-0.1, -0.05) is 20.8 Å². The van der Waals surface area contributed by atoms with E-state index >= 15 is 0 Å². The number of rotatable bonds is 4. The van der Waals surface area contributed by atoms with Gasteiger partial charge in [0, 0.05) is 39.5 Å². The van der Waals surface area contributed by atoms with E-state index < -0.39 is 0 Å². The van der Waals surface area contributed by atoms with E-state index in [1.54, 1.807) is 6.92 Å².